The monoisotopic (exact) mass is 740 g/mol. The van der Waals surface area contributed by atoms with Crippen LogP contribution in [0, 0.1) is 13.8 Å². The maximum Gasteiger partial charge on any atom is -0.0114 e. The van der Waals surface area contributed by atoms with Crippen molar-refractivity contribution in [2.24, 2.45) is 0 Å². The second-order valence-corrected chi connectivity index (χ2v) is 21.5. The van der Waals surface area contributed by atoms with Gasteiger partial charge < -0.3 is 0 Å². The van der Waals surface area contributed by atoms with Crippen LogP contribution < -0.4 is 0 Å². The second-order valence-electron chi connectivity index (χ2n) is 12.7. The van der Waals surface area contributed by atoms with Crippen LogP contribution in [0.4, 0.5) is 0 Å². The Kier molecular flexibility index (Phi) is 10.9. The van der Waals surface area contributed by atoms with E-state index in [1.807, 2.05) is 10.6 Å². The fourth-order valence-electron chi connectivity index (χ4n) is 6.57. The molecule has 8 aromatic rings. The minimum Gasteiger partial charge on any atom is -0.165 e. The van der Waals surface area contributed by atoms with Crippen molar-refractivity contribution in [2.75, 3.05) is 0 Å². The zero-order valence-corrected chi connectivity index (χ0v) is 32.2. The van der Waals surface area contributed by atoms with Gasteiger partial charge in [0.05, 0.1) is 0 Å². The number of halogens is 2. The van der Waals surface area contributed by atoms with Crippen LogP contribution in [0.5, 0.6) is 0 Å². The van der Waals surface area contributed by atoms with Gasteiger partial charge in [0.25, 0.3) is 0 Å². The van der Waals surface area contributed by atoms with Crippen molar-refractivity contribution < 1.29 is 18.9 Å². The van der Waals surface area contributed by atoms with Crippen LogP contribution in [0.15, 0.2) is 140 Å². The van der Waals surface area contributed by atoms with Gasteiger partial charge in [-0.25, -0.2) is 0 Å². The quantitative estimate of drug-likeness (QED) is 0.158. The molecule has 0 saturated carbocycles. The smallest absolute Gasteiger partial charge is 0.0114 e. The van der Waals surface area contributed by atoms with Crippen LogP contribution in [-0.4, -0.2) is 3.71 Å². The first-order valence-electron chi connectivity index (χ1n) is 16.5. The fourth-order valence-corrected chi connectivity index (χ4v) is 6.57. The molecule has 0 aliphatic heterocycles. The molecule has 0 aliphatic rings. The molecular weight excluding hydrogens is 703 g/mol. The van der Waals surface area contributed by atoms with E-state index in [4.69, 9.17) is 17.0 Å². The molecule has 0 heterocycles. The molecule has 8 rings (SSSR count). The Hall–Kier alpha value is -3.61. The second kappa shape index (κ2) is 15.3. The molecule has 0 fully saturated rings. The van der Waals surface area contributed by atoms with E-state index < -0.39 is 18.9 Å². The molecule has 0 spiro atoms. The molecule has 0 nitrogen and oxygen atoms in total. The van der Waals surface area contributed by atoms with Crippen LogP contribution in [0.1, 0.15) is 43.4 Å². The van der Waals surface area contributed by atoms with Crippen molar-refractivity contribution in [1.29, 1.82) is 0 Å². The Balaban J connectivity index is 0.000000147. The number of hydrogen-bond acceptors (Lipinski definition) is 0. The van der Waals surface area contributed by atoms with E-state index in [9.17, 15) is 0 Å². The minimum atomic E-state index is -1.76. The summed E-state index contributed by atoms with van der Waals surface area (Å²) < 4.78 is 1.89. The van der Waals surface area contributed by atoms with Crippen molar-refractivity contribution >= 4 is 63.8 Å². The topological polar surface area (TPSA) is 0 Å². The normalized spacial score (nSPS) is 11.0. The van der Waals surface area contributed by atoms with E-state index in [-0.39, 0.29) is 0 Å². The van der Waals surface area contributed by atoms with Crippen molar-refractivity contribution in [1.82, 2.24) is 0 Å². The summed E-state index contributed by atoms with van der Waals surface area (Å²) in [6.07, 6.45) is 0. The first kappa shape index (κ1) is 34.3. The fraction of sp³-hybridized carbons (Fsp3) is 0.133. The average Bonchev–Trinajstić information content (AvgIpc) is 3.73. The maximum atomic E-state index is 5.37. The number of benzene rings is 6. The number of rotatable bonds is 3. The summed E-state index contributed by atoms with van der Waals surface area (Å²) in [7, 11) is 10.7. The minimum absolute atomic E-state index is 0.563. The zero-order valence-electron chi connectivity index (χ0n) is 28.2. The van der Waals surface area contributed by atoms with E-state index in [0.717, 1.165) is 0 Å². The van der Waals surface area contributed by atoms with Gasteiger partial charge in [0, 0.05) is 0 Å². The number of fused-ring (bicyclic) bond motifs is 4. The van der Waals surface area contributed by atoms with Crippen molar-refractivity contribution in [2.45, 2.75) is 40.5 Å². The molecule has 3 heteroatoms. The maximum absolute atomic E-state index is 5.37. The average molecular weight is 743 g/mol. The van der Waals surface area contributed by atoms with Crippen molar-refractivity contribution in [3.05, 3.63) is 156 Å². The molecule has 0 atom stereocenters. The summed E-state index contributed by atoms with van der Waals surface area (Å²) in [6.45, 7) is 10.8. The third-order valence-corrected chi connectivity index (χ3v) is 12.7. The van der Waals surface area contributed by atoms with Gasteiger partial charge in [-0.2, -0.15) is 12.1 Å². The SMILES string of the molecule is CC(C)c1cc2c(-c3cccc4ccccc34)cccc2[cH-]1.C[CH]=[Zr]([Cl])[Cl].Cc1cc2c(-c3cccc4ccccc34)ccc(C)c2[cH-]1. The molecule has 48 heavy (non-hydrogen) atoms. The van der Waals surface area contributed by atoms with E-state index in [1.165, 1.54) is 82.0 Å². The van der Waals surface area contributed by atoms with Crippen LogP contribution >= 0.6 is 17.0 Å². The molecule has 0 N–H and O–H groups in total. The Bertz CT molecular complexity index is 2370. The van der Waals surface area contributed by atoms with Gasteiger partial charge in [-0.05, 0) is 38.6 Å². The van der Waals surface area contributed by atoms with Crippen molar-refractivity contribution in [3.63, 3.8) is 0 Å². The molecule has 0 aromatic heterocycles. The third-order valence-electron chi connectivity index (χ3n) is 9.07. The molecule has 0 unspecified atom stereocenters. The van der Waals surface area contributed by atoms with E-state index in [2.05, 4.69) is 167 Å². The third kappa shape index (κ3) is 7.35. The first-order valence-corrected chi connectivity index (χ1v) is 24.3. The standard InChI is InChI=1S/C22H19.C21H17.C2H4.2ClH.Zr/c1-15(2)18-13-17-9-6-12-21(22(17)14-18)20-11-5-8-16-7-3-4-10-19(16)20;1-14-12-20-15(2)10-11-19(21(20)13-14)18-9-5-7-16-6-3-4-8-17(16)18;1-2;;;/h3-15H,1-2H3;3-13H,1-2H3;1H,2H3;2*1H;/q2*-1;;;;+2/p-2. The first-order chi connectivity index (χ1) is 23.2. The molecule has 8 aromatic carbocycles. The Morgan fingerprint density at radius 3 is 1.62 bits per heavy atom. The predicted octanol–water partition coefficient (Wildman–Crippen LogP) is 14.2. The van der Waals surface area contributed by atoms with E-state index in [1.54, 1.807) is 0 Å². The Morgan fingerprint density at radius 2 is 1.06 bits per heavy atom. The molecular formula is C45H40Cl2Zr-2. The van der Waals surface area contributed by atoms with Gasteiger partial charge in [0.1, 0.15) is 0 Å². The summed E-state index contributed by atoms with van der Waals surface area (Å²) in [5.74, 6) is 0.563. The van der Waals surface area contributed by atoms with Gasteiger partial charge in [-0.15, -0.1) is 68.6 Å². The zero-order chi connectivity index (χ0) is 33.8. The molecule has 240 valence electrons. The van der Waals surface area contributed by atoms with Gasteiger partial charge >= 0.3 is 46.5 Å². The Morgan fingerprint density at radius 1 is 0.562 bits per heavy atom. The molecule has 0 saturated heterocycles. The molecule has 0 aliphatic carbocycles. The predicted molar refractivity (Wildman–Crippen MR) is 212 cm³/mol. The number of aryl methyl sites for hydroxylation is 2. The van der Waals surface area contributed by atoms with Crippen LogP contribution in [0.3, 0.4) is 0 Å². The summed E-state index contributed by atoms with van der Waals surface area (Å²) >= 11 is -1.76. The Labute approximate surface area is 299 Å². The largest absolute Gasteiger partial charge is 0.165 e. The van der Waals surface area contributed by atoms with Gasteiger partial charge in [-0.1, -0.05) is 136 Å². The molecule has 0 amide bonds. The van der Waals surface area contributed by atoms with Crippen molar-refractivity contribution in [3.8, 4) is 22.3 Å². The van der Waals surface area contributed by atoms with Crippen LogP contribution in [0.25, 0.3) is 65.3 Å². The summed E-state index contributed by atoms with van der Waals surface area (Å²) in [5.41, 5.74) is 9.42. The molecule has 0 bridgehead atoms. The van der Waals surface area contributed by atoms with Gasteiger partial charge in [-0.3, -0.25) is 0 Å². The summed E-state index contributed by atoms with van der Waals surface area (Å²) in [5, 5.41) is 10.7. The summed E-state index contributed by atoms with van der Waals surface area (Å²) in [6, 6.07) is 50.8. The molecule has 0 radical (unpaired) electrons. The number of hydrogen-bond donors (Lipinski definition) is 0. The van der Waals surface area contributed by atoms with Gasteiger partial charge in [0.15, 0.2) is 0 Å². The van der Waals surface area contributed by atoms with E-state index >= 15 is 0 Å². The van der Waals surface area contributed by atoms with Crippen LogP contribution in [0.2, 0.25) is 0 Å². The summed E-state index contributed by atoms with van der Waals surface area (Å²) in [4.78, 5) is 0. The van der Waals surface area contributed by atoms with E-state index in [0.29, 0.717) is 5.92 Å². The van der Waals surface area contributed by atoms with Crippen LogP contribution in [-0.2, 0) is 18.9 Å². The van der Waals surface area contributed by atoms with Gasteiger partial charge in [0.2, 0.25) is 0 Å².